The zero-order valence-electron chi connectivity index (χ0n) is 20.9. The maximum Gasteiger partial charge on any atom is 0.420 e. The largest absolute Gasteiger partial charge is 0.490 e. The zero-order valence-corrected chi connectivity index (χ0v) is 22.5. The minimum Gasteiger partial charge on any atom is -0.490 e. The van der Waals surface area contributed by atoms with Crippen LogP contribution in [0.4, 0.5) is 13.2 Å². The van der Waals surface area contributed by atoms with Crippen molar-refractivity contribution in [1.29, 1.82) is 0 Å². The van der Waals surface area contributed by atoms with Crippen LogP contribution in [-0.2, 0) is 16.2 Å². The van der Waals surface area contributed by atoms with Gasteiger partial charge in [-0.25, -0.2) is 18.1 Å². The number of aromatic nitrogens is 1. The van der Waals surface area contributed by atoms with Crippen LogP contribution in [0.5, 0.6) is 5.75 Å². The van der Waals surface area contributed by atoms with Crippen LogP contribution in [0.15, 0.2) is 65.6 Å². The normalized spacial score (nSPS) is 14.9. The number of hydrogen-bond donors (Lipinski definition) is 1. The van der Waals surface area contributed by atoms with Crippen molar-refractivity contribution in [1.82, 2.24) is 9.71 Å². The molecule has 1 N–H and O–H groups in total. The van der Waals surface area contributed by atoms with E-state index in [9.17, 15) is 26.4 Å². The quantitative estimate of drug-likeness (QED) is 0.265. The van der Waals surface area contributed by atoms with Crippen LogP contribution in [0.2, 0.25) is 0 Å². The van der Waals surface area contributed by atoms with Crippen molar-refractivity contribution in [2.45, 2.75) is 56.2 Å². The first-order chi connectivity index (χ1) is 18.5. The van der Waals surface area contributed by atoms with E-state index in [-0.39, 0.29) is 11.7 Å². The first-order valence-corrected chi connectivity index (χ1v) is 14.7. The Balaban J connectivity index is 1.34. The number of fused-ring (bicyclic) bond motifs is 1. The van der Waals surface area contributed by atoms with Crippen LogP contribution in [0.3, 0.4) is 0 Å². The van der Waals surface area contributed by atoms with Crippen LogP contribution in [-0.4, -0.2) is 25.4 Å². The maximum atomic E-state index is 13.8. The Morgan fingerprint density at radius 3 is 2.36 bits per heavy atom. The highest BCUT2D eigenvalue weighted by molar-refractivity contribution is 7.90. The molecule has 0 unspecified atom stereocenters. The summed E-state index contributed by atoms with van der Waals surface area (Å²) in [4.78, 5) is 16.5. The van der Waals surface area contributed by atoms with Crippen molar-refractivity contribution in [3.63, 3.8) is 0 Å². The summed E-state index contributed by atoms with van der Waals surface area (Å²) in [5, 5.41) is 0.948. The van der Waals surface area contributed by atoms with Gasteiger partial charge in [0.1, 0.15) is 5.75 Å². The second kappa shape index (κ2) is 10.6. The number of thiazole rings is 1. The summed E-state index contributed by atoms with van der Waals surface area (Å²) >= 11 is 1.59. The number of benzene rings is 3. The number of hydrogen-bond acceptors (Lipinski definition) is 6. The molecule has 204 valence electrons. The molecule has 0 spiro atoms. The lowest BCUT2D eigenvalue weighted by Crippen LogP contribution is -2.31. The third-order valence-corrected chi connectivity index (χ3v) is 8.90. The van der Waals surface area contributed by atoms with Crippen LogP contribution in [0.25, 0.3) is 21.3 Å². The van der Waals surface area contributed by atoms with E-state index in [1.165, 1.54) is 12.1 Å². The van der Waals surface area contributed by atoms with Crippen LogP contribution in [0.1, 0.15) is 53.0 Å². The third-order valence-electron chi connectivity index (χ3n) is 6.61. The fourth-order valence-corrected chi connectivity index (χ4v) is 6.45. The second-order valence-corrected chi connectivity index (χ2v) is 12.4. The van der Waals surface area contributed by atoms with Gasteiger partial charge in [0.05, 0.1) is 31.8 Å². The molecular weight excluding hydrogens is 549 g/mol. The van der Waals surface area contributed by atoms with Gasteiger partial charge in [-0.3, -0.25) is 4.79 Å². The Labute approximate surface area is 227 Å². The van der Waals surface area contributed by atoms with Gasteiger partial charge in [-0.05, 0) is 86.2 Å². The van der Waals surface area contributed by atoms with Gasteiger partial charge >= 0.3 is 6.18 Å². The van der Waals surface area contributed by atoms with E-state index in [0.717, 1.165) is 57.7 Å². The van der Waals surface area contributed by atoms with E-state index in [0.29, 0.717) is 18.9 Å². The topological polar surface area (TPSA) is 85.4 Å². The fraction of sp³-hybridized carbons (Fsp3) is 0.286. The highest BCUT2D eigenvalue weighted by Crippen LogP contribution is 2.39. The van der Waals surface area contributed by atoms with E-state index >= 15 is 0 Å². The van der Waals surface area contributed by atoms with Crippen molar-refractivity contribution in [3.05, 3.63) is 76.8 Å². The number of sulfonamides is 1. The van der Waals surface area contributed by atoms with Crippen molar-refractivity contribution in [2.24, 2.45) is 0 Å². The van der Waals surface area contributed by atoms with Crippen LogP contribution in [0, 0.1) is 6.92 Å². The smallest absolute Gasteiger partial charge is 0.420 e. The van der Waals surface area contributed by atoms with Gasteiger partial charge in [0, 0.05) is 5.56 Å². The third kappa shape index (κ3) is 6.09. The Hall–Kier alpha value is -3.44. The number of carbonyl (C=O) groups excluding carboxylic acids is 1. The number of amides is 1. The molecule has 1 aliphatic rings. The number of aryl methyl sites for hydroxylation is 1. The van der Waals surface area contributed by atoms with Crippen LogP contribution < -0.4 is 9.46 Å². The molecule has 0 bridgehead atoms. The standard InChI is InChI=1S/C28H25F3N2O4S2/c1-17-32-24-15-20(11-14-26(24)38-17)18-7-9-19(10-8-18)27(34)33-39(35,36)22-12-13-25(23(16-22)28(29,30)31)37-21-5-3-2-4-6-21/h7-16,21H,2-6H2,1H3,(H,33,34). The van der Waals surface area contributed by atoms with Gasteiger partial charge in [-0.15, -0.1) is 11.3 Å². The number of alkyl halides is 3. The van der Waals surface area contributed by atoms with E-state index in [2.05, 4.69) is 4.98 Å². The number of nitrogens with zero attached hydrogens (tertiary/aromatic N) is 1. The van der Waals surface area contributed by atoms with Crippen molar-refractivity contribution in [3.8, 4) is 16.9 Å². The maximum absolute atomic E-state index is 13.8. The Morgan fingerprint density at radius 1 is 0.974 bits per heavy atom. The van der Waals surface area contributed by atoms with Crippen molar-refractivity contribution < 1.29 is 31.1 Å². The van der Waals surface area contributed by atoms with Gasteiger partial charge < -0.3 is 4.74 Å². The Bertz CT molecular complexity index is 1630. The van der Waals surface area contributed by atoms with E-state index in [1.807, 2.05) is 29.8 Å². The lowest BCUT2D eigenvalue weighted by atomic mass is 9.97. The lowest BCUT2D eigenvalue weighted by molar-refractivity contribution is -0.139. The average Bonchev–Trinajstić information content (AvgIpc) is 3.28. The predicted octanol–water partition coefficient (Wildman–Crippen LogP) is 7.12. The van der Waals surface area contributed by atoms with Gasteiger partial charge in [0.25, 0.3) is 15.9 Å². The zero-order chi connectivity index (χ0) is 27.8. The molecule has 0 atom stereocenters. The molecule has 3 aromatic carbocycles. The number of nitrogens with one attached hydrogen (secondary N) is 1. The molecule has 11 heteroatoms. The Kier molecular flexibility index (Phi) is 7.39. The summed E-state index contributed by atoms with van der Waals surface area (Å²) in [5.74, 6) is -1.37. The van der Waals surface area contributed by atoms with Gasteiger partial charge in [-0.1, -0.05) is 24.6 Å². The molecule has 5 rings (SSSR count). The SMILES string of the molecule is Cc1nc2cc(-c3ccc(C(=O)NS(=O)(=O)c4ccc(OC5CCCCC5)c(C(F)(F)F)c4)cc3)ccc2s1. The van der Waals surface area contributed by atoms with E-state index in [4.69, 9.17) is 4.74 Å². The Morgan fingerprint density at radius 2 is 1.67 bits per heavy atom. The number of ether oxygens (including phenoxy) is 1. The summed E-state index contributed by atoms with van der Waals surface area (Å²) in [7, 11) is -4.59. The number of carbonyl (C=O) groups is 1. The molecular formula is C28H25F3N2O4S2. The second-order valence-electron chi connectivity index (χ2n) is 9.46. The molecule has 6 nitrogen and oxygen atoms in total. The molecule has 1 heterocycles. The molecule has 1 amide bonds. The fourth-order valence-electron chi connectivity index (χ4n) is 4.64. The summed E-state index contributed by atoms with van der Waals surface area (Å²) in [6.45, 7) is 1.93. The minimum absolute atomic E-state index is 0.0428. The van der Waals surface area contributed by atoms with Crippen LogP contribution >= 0.6 is 11.3 Å². The molecule has 1 saturated carbocycles. The molecule has 1 fully saturated rings. The molecule has 39 heavy (non-hydrogen) atoms. The molecule has 4 aromatic rings. The summed E-state index contributed by atoms with van der Waals surface area (Å²) < 4.78 is 75.6. The first-order valence-electron chi connectivity index (χ1n) is 12.4. The monoisotopic (exact) mass is 574 g/mol. The van der Waals surface area contributed by atoms with Gasteiger partial charge in [-0.2, -0.15) is 13.2 Å². The summed E-state index contributed by atoms with van der Waals surface area (Å²) in [5.41, 5.74) is 1.38. The minimum atomic E-state index is -4.84. The molecule has 1 aliphatic carbocycles. The summed E-state index contributed by atoms with van der Waals surface area (Å²) in [6.07, 6.45) is -1.16. The van der Waals surface area contributed by atoms with Gasteiger partial charge in [0.2, 0.25) is 0 Å². The lowest BCUT2D eigenvalue weighted by Gasteiger charge is -2.25. The van der Waals surface area contributed by atoms with E-state index < -0.39 is 38.3 Å². The average molecular weight is 575 g/mol. The van der Waals surface area contributed by atoms with Gasteiger partial charge in [0.15, 0.2) is 0 Å². The molecule has 0 radical (unpaired) electrons. The highest BCUT2D eigenvalue weighted by atomic mass is 32.2. The number of halogens is 3. The first kappa shape index (κ1) is 27.1. The molecule has 1 aromatic heterocycles. The predicted molar refractivity (Wildman–Crippen MR) is 143 cm³/mol. The molecule has 0 aliphatic heterocycles. The molecule has 0 saturated heterocycles. The summed E-state index contributed by atoms with van der Waals surface area (Å²) in [6, 6.07) is 14.6. The van der Waals surface area contributed by atoms with E-state index in [1.54, 1.807) is 23.5 Å². The van der Waals surface area contributed by atoms with Crippen molar-refractivity contribution in [2.75, 3.05) is 0 Å². The highest BCUT2D eigenvalue weighted by Gasteiger charge is 2.37. The number of rotatable bonds is 6. The van der Waals surface area contributed by atoms with Crippen molar-refractivity contribution >= 4 is 37.5 Å².